The maximum atomic E-state index is 12.2. The molecule has 0 radical (unpaired) electrons. The number of hydrogen-bond acceptors (Lipinski definition) is 7. The molecule has 0 spiro atoms. The lowest BCUT2D eigenvalue weighted by Crippen LogP contribution is -2.31. The third kappa shape index (κ3) is 4.07. The van der Waals surface area contributed by atoms with Crippen molar-refractivity contribution in [1.82, 2.24) is 9.88 Å². The van der Waals surface area contributed by atoms with Crippen LogP contribution in [0, 0.1) is 0 Å². The Morgan fingerprint density at radius 2 is 2.20 bits per heavy atom. The zero-order chi connectivity index (χ0) is 14.9. The van der Waals surface area contributed by atoms with Gasteiger partial charge in [0.1, 0.15) is 20.5 Å². The Labute approximate surface area is 122 Å². The van der Waals surface area contributed by atoms with Crippen LogP contribution in [0.1, 0.15) is 22.5 Å². The summed E-state index contributed by atoms with van der Waals surface area (Å²) >= 11 is 1.21. The quantitative estimate of drug-likeness (QED) is 0.787. The highest BCUT2D eigenvalue weighted by molar-refractivity contribution is 7.90. The van der Waals surface area contributed by atoms with Gasteiger partial charge in [-0.2, -0.15) is 0 Å². The van der Waals surface area contributed by atoms with E-state index >= 15 is 0 Å². The Balaban J connectivity index is 2.01. The van der Waals surface area contributed by atoms with Crippen molar-refractivity contribution in [3.05, 3.63) is 4.88 Å². The highest BCUT2D eigenvalue weighted by atomic mass is 32.2. The molecule has 0 saturated heterocycles. The standard InChI is InChI=1S/C11H18N4O3S2/c1-15(5-6-20(2,17)18)10(16)8-9(12)14-11(19-8)13-7-3-4-7/h7H,3-6,12H2,1-2H3,(H,13,14). The number of nitrogens with one attached hydrogen (secondary N) is 1. The van der Waals surface area contributed by atoms with E-state index in [4.69, 9.17) is 5.73 Å². The number of rotatable bonds is 6. The minimum atomic E-state index is -3.10. The second-order valence-electron chi connectivity index (χ2n) is 5.01. The van der Waals surface area contributed by atoms with E-state index < -0.39 is 9.84 Å². The van der Waals surface area contributed by atoms with Crippen molar-refractivity contribution in [2.24, 2.45) is 0 Å². The molecule has 2 rings (SSSR count). The largest absolute Gasteiger partial charge is 0.382 e. The first kappa shape index (κ1) is 15.0. The summed E-state index contributed by atoms with van der Waals surface area (Å²) in [6.07, 6.45) is 3.36. The normalized spacial score (nSPS) is 15.1. The van der Waals surface area contributed by atoms with E-state index in [1.807, 2.05) is 0 Å². The zero-order valence-corrected chi connectivity index (χ0v) is 13.1. The maximum Gasteiger partial charge on any atom is 0.267 e. The molecule has 0 unspecified atom stereocenters. The number of hydrogen-bond donors (Lipinski definition) is 2. The molecular weight excluding hydrogens is 300 g/mol. The van der Waals surface area contributed by atoms with E-state index in [2.05, 4.69) is 10.3 Å². The van der Waals surface area contributed by atoms with Gasteiger partial charge in [-0.25, -0.2) is 13.4 Å². The topological polar surface area (TPSA) is 105 Å². The molecule has 0 bridgehead atoms. The first-order valence-corrected chi connectivity index (χ1v) is 9.10. The van der Waals surface area contributed by atoms with Crippen LogP contribution in [-0.4, -0.2) is 55.9 Å². The zero-order valence-electron chi connectivity index (χ0n) is 11.4. The summed E-state index contributed by atoms with van der Waals surface area (Å²) in [5.74, 6) is -0.178. The van der Waals surface area contributed by atoms with Gasteiger partial charge < -0.3 is 16.0 Å². The van der Waals surface area contributed by atoms with Crippen molar-refractivity contribution in [2.75, 3.05) is 36.7 Å². The van der Waals surface area contributed by atoms with Gasteiger partial charge in [0.25, 0.3) is 5.91 Å². The first-order chi connectivity index (χ1) is 9.26. The number of carbonyl (C=O) groups is 1. The summed E-state index contributed by atoms with van der Waals surface area (Å²) in [6, 6.07) is 0.437. The number of thiazole rings is 1. The smallest absolute Gasteiger partial charge is 0.267 e. The van der Waals surface area contributed by atoms with Crippen molar-refractivity contribution in [3.8, 4) is 0 Å². The summed E-state index contributed by atoms with van der Waals surface area (Å²) < 4.78 is 22.2. The number of nitrogen functional groups attached to an aromatic ring is 1. The van der Waals surface area contributed by atoms with Crippen molar-refractivity contribution >= 4 is 38.0 Å². The average molecular weight is 318 g/mol. The predicted molar refractivity (Wildman–Crippen MR) is 79.8 cm³/mol. The molecule has 9 heteroatoms. The van der Waals surface area contributed by atoms with Crippen LogP contribution in [-0.2, 0) is 9.84 Å². The van der Waals surface area contributed by atoms with Gasteiger partial charge >= 0.3 is 0 Å². The van der Waals surface area contributed by atoms with Gasteiger partial charge in [0.05, 0.1) is 5.75 Å². The van der Waals surface area contributed by atoms with E-state index in [0.29, 0.717) is 16.1 Å². The van der Waals surface area contributed by atoms with Crippen LogP contribution in [0.25, 0.3) is 0 Å². The minimum Gasteiger partial charge on any atom is -0.382 e. The lowest BCUT2D eigenvalue weighted by atomic mass is 10.4. The molecule has 3 N–H and O–H groups in total. The van der Waals surface area contributed by atoms with E-state index in [1.165, 1.54) is 16.2 Å². The molecule has 0 atom stereocenters. The number of sulfone groups is 1. The van der Waals surface area contributed by atoms with E-state index in [9.17, 15) is 13.2 Å². The van der Waals surface area contributed by atoms with Crippen molar-refractivity contribution < 1.29 is 13.2 Å². The molecule has 1 heterocycles. The van der Waals surface area contributed by atoms with E-state index in [0.717, 1.165) is 19.1 Å². The predicted octanol–water partition coefficient (Wildman–Crippen LogP) is 0.416. The Kier molecular flexibility index (Phi) is 4.19. The number of carbonyl (C=O) groups excluding carboxylic acids is 1. The lowest BCUT2D eigenvalue weighted by Gasteiger charge is -2.15. The van der Waals surface area contributed by atoms with Crippen LogP contribution in [0.4, 0.5) is 10.9 Å². The fourth-order valence-electron chi connectivity index (χ4n) is 1.53. The summed E-state index contributed by atoms with van der Waals surface area (Å²) in [6.45, 7) is 0.139. The number of anilines is 2. The summed E-state index contributed by atoms with van der Waals surface area (Å²) in [7, 11) is -1.54. The van der Waals surface area contributed by atoms with Gasteiger partial charge in [-0.15, -0.1) is 0 Å². The van der Waals surface area contributed by atoms with Crippen LogP contribution < -0.4 is 11.1 Å². The lowest BCUT2D eigenvalue weighted by molar-refractivity contribution is 0.0809. The molecular formula is C11H18N4O3S2. The molecule has 1 aromatic rings. The molecule has 0 aliphatic heterocycles. The Hall–Kier alpha value is -1.35. The van der Waals surface area contributed by atoms with Crippen LogP contribution >= 0.6 is 11.3 Å². The Morgan fingerprint density at radius 1 is 1.55 bits per heavy atom. The van der Waals surface area contributed by atoms with Gasteiger partial charge in [0, 0.05) is 25.9 Å². The third-order valence-electron chi connectivity index (χ3n) is 2.90. The molecule has 1 aromatic heterocycles. The van der Waals surface area contributed by atoms with Crippen LogP contribution in [0.2, 0.25) is 0 Å². The summed E-state index contributed by atoms with van der Waals surface area (Å²) in [4.78, 5) is 18.0. The molecule has 0 aromatic carbocycles. The number of nitrogens with zero attached hydrogens (tertiary/aromatic N) is 2. The van der Waals surface area contributed by atoms with Crippen LogP contribution in [0.3, 0.4) is 0 Å². The number of amides is 1. The second kappa shape index (κ2) is 5.57. The average Bonchev–Trinajstić information content (AvgIpc) is 3.07. The van der Waals surface area contributed by atoms with Crippen LogP contribution in [0.5, 0.6) is 0 Å². The molecule has 112 valence electrons. The van der Waals surface area contributed by atoms with Gasteiger partial charge in [-0.1, -0.05) is 11.3 Å². The SMILES string of the molecule is CN(CCS(C)(=O)=O)C(=O)c1sc(NC2CC2)nc1N. The Bertz CT molecular complexity index is 607. The van der Waals surface area contributed by atoms with Gasteiger partial charge in [-0.3, -0.25) is 4.79 Å². The first-order valence-electron chi connectivity index (χ1n) is 6.22. The molecule has 1 aliphatic carbocycles. The molecule has 20 heavy (non-hydrogen) atoms. The molecule has 1 amide bonds. The summed E-state index contributed by atoms with van der Waals surface area (Å²) in [5.41, 5.74) is 5.75. The Morgan fingerprint density at radius 3 is 2.75 bits per heavy atom. The maximum absolute atomic E-state index is 12.2. The number of aromatic nitrogens is 1. The molecule has 7 nitrogen and oxygen atoms in total. The highest BCUT2D eigenvalue weighted by Crippen LogP contribution is 2.31. The monoisotopic (exact) mass is 318 g/mol. The molecule has 1 aliphatic rings. The van der Waals surface area contributed by atoms with Gasteiger partial charge in [0.15, 0.2) is 5.13 Å². The van der Waals surface area contributed by atoms with Crippen molar-refractivity contribution in [2.45, 2.75) is 18.9 Å². The van der Waals surface area contributed by atoms with E-state index in [-0.39, 0.29) is 24.0 Å². The fraction of sp³-hybridized carbons (Fsp3) is 0.636. The molecule has 1 fully saturated rings. The highest BCUT2D eigenvalue weighted by Gasteiger charge is 2.25. The number of nitrogens with two attached hydrogens (primary N) is 1. The van der Waals surface area contributed by atoms with Crippen LogP contribution in [0.15, 0.2) is 0 Å². The summed E-state index contributed by atoms with van der Waals surface area (Å²) in [5, 5.41) is 3.83. The molecule has 1 saturated carbocycles. The van der Waals surface area contributed by atoms with E-state index in [1.54, 1.807) is 7.05 Å². The van der Waals surface area contributed by atoms with Gasteiger partial charge in [0.2, 0.25) is 0 Å². The van der Waals surface area contributed by atoms with Gasteiger partial charge in [-0.05, 0) is 12.8 Å². The fourth-order valence-corrected chi connectivity index (χ4v) is 3.09. The van der Waals surface area contributed by atoms with Crippen molar-refractivity contribution in [1.29, 1.82) is 0 Å². The van der Waals surface area contributed by atoms with Crippen molar-refractivity contribution in [3.63, 3.8) is 0 Å². The third-order valence-corrected chi connectivity index (χ3v) is 4.81. The minimum absolute atomic E-state index is 0.0683. The second-order valence-corrected chi connectivity index (χ2v) is 8.27.